The van der Waals surface area contributed by atoms with Crippen molar-refractivity contribution < 1.29 is 0 Å². The van der Waals surface area contributed by atoms with Gasteiger partial charge in [-0.25, -0.2) is 0 Å². The average molecular weight is 330 g/mol. The monoisotopic (exact) mass is 329 g/mol. The van der Waals surface area contributed by atoms with Crippen molar-refractivity contribution in [1.29, 1.82) is 0 Å². The molecule has 2 atom stereocenters. The highest BCUT2D eigenvalue weighted by molar-refractivity contribution is 9.10. The van der Waals surface area contributed by atoms with Crippen molar-refractivity contribution in [2.24, 2.45) is 11.8 Å². The van der Waals surface area contributed by atoms with Crippen LogP contribution in [0.25, 0.3) is 0 Å². The van der Waals surface area contributed by atoms with Crippen LogP contribution in [0.5, 0.6) is 0 Å². The van der Waals surface area contributed by atoms with Gasteiger partial charge in [-0.3, -0.25) is 4.68 Å². The van der Waals surface area contributed by atoms with Gasteiger partial charge < -0.3 is 5.32 Å². The summed E-state index contributed by atoms with van der Waals surface area (Å²) in [6, 6.07) is 0. The molecule has 1 rings (SSSR count). The molecule has 0 fully saturated rings. The first-order valence-corrected chi connectivity index (χ1v) is 8.18. The molecule has 19 heavy (non-hydrogen) atoms. The number of halogens is 1. The third-order valence-corrected chi connectivity index (χ3v) is 4.18. The van der Waals surface area contributed by atoms with E-state index in [9.17, 15) is 0 Å². The van der Waals surface area contributed by atoms with E-state index in [1.54, 1.807) is 0 Å². The third kappa shape index (κ3) is 4.92. The van der Waals surface area contributed by atoms with Crippen LogP contribution in [0.4, 0.5) is 0 Å². The third-order valence-electron chi connectivity index (χ3n) is 3.57. The molecule has 0 amide bonds. The summed E-state index contributed by atoms with van der Waals surface area (Å²) >= 11 is 3.64. The van der Waals surface area contributed by atoms with Crippen LogP contribution in [0.3, 0.4) is 0 Å². The van der Waals surface area contributed by atoms with Gasteiger partial charge in [0.25, 0.3) is 0 Å². The lowest BCUT2D eigenvalue weighted by Gasteiger charge is -2.22. The summed E-state index contributed by atoms with van der Waals surface area (Å²) < 4.78 is 3.29. The van der Waals surface area contributed by atoms with Gasteiger partial charge >= 0.3 is 0 Å². The van der Waals surface area contributed by atoms with Gasteiger partial charge in [0.1, 0.15) is 0 Å². The zero-order valence-electron chi connectivity index (χ0n) is 12.9. The Bertz CT molecular complexity index is 373. The van der Waals surface area contributed by atoms with Crippen LogP contribution < -0.4 is 5.32 Å². The first-order valence-electron chi connectivity index (χ1n) is 7.39. The van der Waals surface area contributed by atoms with E-state index < -0.39 is 0 Å². The van der Waals surface area contributed by atoms with Crippen LogP contribution in [0.2, 0.25) is 0 Å². The fraction of sp³-hybridized carbons (Fsp3) is 0.800. The second-order valence-corrected chi connectivity index (χ2v) is 6.77. The Labute approximate surface area is 126 Å². The first-order chi connectivity index (χ1) is 8.97. The molecule has 3 nitrogen and oxygen atoms in total. The highest BCUT2D eigenvalue weighted by Crippen LogP contribution is 2.30. The Morgan fingerprint density at radius 2 is 1.95 bits per heavy atom. The van der Waals surface area contributed by atoms with E-state index in [2.05, 4.69) is 65.6 Å². The van der Waals surface area contributed by atoms with Crippen molar-refractivity contribution in [3.05, 3.63) is 16.4 Å². The first kappa shape index (κ1) is 16.7. The van der Waals surface area contributed by atoms with Crippen LogP contribution in [0.1, 0.15) is 52.7 Å². The molecule has 0 radical (unpaired) electrons. The van der Waals surface area contributed by atoms with E-state index in [1.165, 1.54) is 5.69 Å². The number of nitrogens with one attached hydrogen (secondary N) is 1. The molecule has 0 aliphatic carbocycles. The zero-order chi connectivity index (χ0) is 14.4. The molecule has 1 aromatic rings. The molecule has 2 unspecified atom stereocenters. The molecular weight excluding hydrogens is 302 g/mol. The number of hydrogen-bond donors (Lipinski definition) is 1. The van der Waals surface area contributed by atoms with E-state index in [0.29, 0.717) is 17.8 Å². The lowest BCUT2D eigenvalue weighted by atomic mass is 9.92. The normalized spacial score (nSPS) is 14.9. The molecule has 0 saturated heterocycles. The number of aryl methyl sites for hydroxylation is 1. The Balaban J connectivity index is 2.65. The van der Waals surface area contributed by atoms with E-state index >= 15 is 0 Å². The topological polar surface area (TPSA) is 29.9 Å². The quantitative estimate of drug-likeness (QED) is 0.779. The summed E-state index contributed by atoms with van der Waals surface area (Å²) in [5.74, 6) is 1.81. The standard InChI is InChI=1S/C15H28BrN3/c1-6-7-19-15(14(16)10-18-19)13(5)12(4)9-17-8-11(2)3/h10-13,17H,6-9H2,1-5H3. The molecule has 0 aliphatic heterocycles. The minimum Gasteiger partial charge on any atom is -0.316 e. The lowest BCUT2D eigenvalue weighted by molar-refractivity contribution is 0.406. The van der Waals surface area contributed by atoms with Gasteiger partial charge in [-0.2, -0.15) is 5.10 Å². The summed E-state index contributed by atoms with van der Waals surface area (Å²) in [6.07, 6.45) is 3.05. The summed E-state index contributed by atoms with van der Waals surface area (Å²) in [6.45, 7) is 14.4. The maximum absolute atomic E-state index is 4.47. The second-order valence-electron chi connectivity index (χ2n) is 5.92. The van der Waals surface area contributed by atoms with E-state index in [-0.39, 0.29) is 0 Å². The molecule has 4 heteroatoms. The Morgan fingerprint density at radius 3 is 2.53 bits per heavy atom. The maximum atomic E-state index is 4.47. The van der Waals surface area contributed by atoms with E-state index in [4.69, 9.17) is 0 Å². The lowest BCUT2D eigenvalue weighted by Crippen LogP contribution is -2.28. The fourth-order valence-electron chi connectivity index (χ4n) is 2.26. The van der Waals surface area contributed by atoms with Gasteiger partial charge in [0, 0.05) is 12.5 Å². The Hall–Kier alpha value is -0.350. The molecular formula is C15H28BrN3. The highest BCUT2D eigenvalue weighted by atomic mass is 79.9. The van der Waals surface area contributed by atoms with Gasteiger partial charge in [0.2, 0.25) is 0 Å². The maximum Gasteiger partial charge on any atom is 0.0635 e. The molecule has 1 heterocycles. The second kappa shape index (κ2) is 8.05. The van der Waals surface area contributed by atoms with Gasteiger partial charge in [0.15, 0.2) is 0 Å². The number of aromatic nitrogens is 2. The van der Waals surface area contributed by atoms with E-state index in [1.807, 2.05) is 6.20 Å². The van der Waals surface area contributed by atoms with Crippen LogP contribution in [-0.2, 0) is 6.54 Å². The molecule has 1 aromatic heterocycles. The highest BCUT2D eigenvalue weighted by Gasteiger charge is 2.21. The van der Waals surface area contributed by atoms with Crippen molar-refractivity contribution >= 4 is 15.9 Å². The Morgan fingerprint density at radius 1 is 1.26 bits per heavy atom. The van der Waals surface area contributed by atoms with Gasteiger partial charge in [0.05, 0.1) is 16.4 Å². The molecule has 0 bridgehead atoms. The van der Waals surface area contributed by atoms with Gasteiger partial charge in [-0.15, -0.1) is 0 Å². The summed E-state index contributed by atoms with van der Waals surface area (Å²) in [5.41, 5.74) is 1.33. The van der Waals surface area contributed by atoms with Gasteiger partial charge in [-0.05, 0) is 47.3 Å². The van der Waals surface area contributed by atoms with Crippen molar-refractivity contribution in [3.63, 3.8) is 0 Å². The van der Waals surface area contributed by atoms with Crippen molar-refractivity contribution in [2.75, 3.05) is 13.1 Å². The van der Waals surface area contributed by atoms with Crippen LogP contribution in [0.15, 0.2) is 10.7 Å². The van der Waals surface area contributed by atoms with Crippen molar-refractivity contribution in [3.8, 4) is 0 Å². The average Bonchev–Trinajstić information content (AvgIpc) is 2.69. The summed E-state index contributed by atoms with van der Waals surface area (Å²) in [7, 11) is 0. The Kier molecular flexibility index (Phi) is 7.08. The minimum absolute atomic E-state index is 0.503. The number of rotatable bonds is 8. The van der Waals surface area contributed by atoms with Crippen molar-refractivity contribution in [1.82, 2.24) is 15.1 Å². The van der Waals surface area contributed by atoms with Gasteiger partial charge in [-0.1, -0.05) is 34.6 Å². The predicted octanol–water partition coefficient (Wildman–Crippen LogP) is 4.04. The van der Waals surface area contributed by atoms with E-state index in [0.717, 1.165) is 30.5 Å². The van der Waals surface area contributed by atoms with Crippen LogP contribution >= 0.6 is 15.9 Å². The summed E-state index contributed by atoms with van der Waals surface area (Å²) in [5, 5.41) is 8.02. The predicted molar refractivity (Wildman–Crippen MR) is 85.5 cm³/mol. The smallest absolute Gasteiger partial charge is 0.0635 e. The summed E-state index contributed by atoms with van der Waals surface area (Å²) in [4.78, 5) is 0. The molecule has 0 aliphatic rings. The molecule has 0 aromatic carbocycles. The van der Waals surface area contributed by atoms with Crippen LogP contribution in [-0.4, -0.2) is 22.9 Å². The molecule has 0 saturated carbocycles. The minimum atomic E-state index is 0.503. The molecule has 0 spiro atoms. The number of hydrogen-bond acceptors (Lipinski definition) is 2. The molecule has 1 N–H and O–H groups in total. The zero-order valence-corrected chi connectivity index (χ0v) is 14.5. The van der Waals surface area contributed by atoms with Crippen LogP contribution in [0, 0.1) is 11.8 Å². The molecule has 110 valence electrons. The van der Waals surface area contributed by atoms with Crippen molar-refractivity contribution in [2.45, 2.75) is 53.5 Å². The SMILES string of the molecule is CCCn1ncc(Br)c1C(C)C(C)CNCC(C)C. The largest absolute Gasteiger partial charge is 0.316 e. The number of nitrogens with zero attached hydrogens (tertiary/aromatic N) is 2. The fourth-order valence-corrected chi connectivity index (χ4v) is 2.92.